The Morgan fingerprint density at radius 3 is 3.04 bits per heavy atom. The van der Waals surface area contributed by atoms with Crippen molar-refractivity contribution < 1.29 is 0 Å². The van der Waals surface area contributed by atoms with E-state index >= 15 is 0 Å². The molecule has 1 aromatic carbocycles. The average molecular weight is 383 g/mol. The summed E-state index contributed by atoms with van der Waals surface area (Å²) in [5, 5.41) is 13.7. The SMILES string of the molecule is Cc1nn(C)c2c1CC1(CC2)Cc2ccc(Br)cc2/C1=N/CC#N. The number of fused-ring (bicyclic) bond motifs is 2. The van der Waals surface area contributed by atoms with Crippen LogP contribution in [0.4, 0.5) is 0 Å². The maximum atomic E-state index is 9.04. The zero-order chi connectivity index (χ0) is 16.9. The van der Waals surface area contributed by atoms with Gasteiger partial charge in [-0.1, -0.05) is 22.0 Å². The Balaban J connectivity index is 1.83. The molecule has 1 unspecified atom stereocenters. The first-order valence-corrected chi connectivity index (χ1v) is 9.05. The fraction of sp³-hybridized carbons (Fsp3) is 0.421. The molecule has 0 amide bonds. The average Bonchev–Trinajstić information content (AvgIpc) is 3.00. The van der Waals surface area contributed by atoms with Crippen LogP contribution in [0.25, 0.3) is 0 Å². The molecule has 1 spiro atoms. The summed E-state index contributed by atoms with van der Waals surface area (Å²) in [6.45, 7) is 2.32. The highest BCUT2D eigenvalue weighted by atomic mass is 79.9. The highest BCUT2D eigenvalue weighted by Crippen LogP contribution is 2.47. The summed E-state index contributed by atoms with van der Waals surface area (Å²) in [6.07, 6.45) is 4.06. The van der Waals surface area contributed by atoms with Gasteiger partial charge < -0.3 is 0 Å². The highest BCUT2D eigenvalue weighted by molar-refractivity contribution is 9.10. The molecular formula is C19H19BrN4. The second kappa shape index (κ2) is 5.56. The molecule has 1 heterocycles. The van der Waals surface area contributed by atoms with Crippen LogP contribution in [-0.2, 0) is 26.3 Å². The van der Waals surface area contributed by atoms with Crippen LogP contribution in [0.2, 0.25) is 0 Å². The van der Waals surface area contributed by atoms with Crippen molar-refractivity contribution in [1.29, 1.82) is 5.26 Å². The smallest absolute Gasteiger partial charge is 0.126 e. The molecule has 4 nitrogen and oxygen atoms in total. The predicted molar refractivity (Wildman–Crippen MR) is 97.3 cm³/mol. The van der Waals surface area contributed by atoms with Crippen LogP contribution < -0.4 is 0 Å². The molecule has 4 rings (SSSR count). The molecule has 24 heavy (non-hydrogen) atoms. The van der Waals surface area contributed by atoms with Gasteiger partial charge in [0.2, 0.25) is 0 Å². The Hall–Kier alpha value is -1.93. The number of nitrogens with zero attached hydrogens (tertiary/aromatic N) is 4. The van der Waals surface area contributed by atoms with E-state index in [-0.39, 0.29) is 12.0 Å². The van der Waals surface area contributed by atoms with Crippen molar-refractivity contribution in [2.45, 2.75) is 32.6 Å². The summed E-state index contributed by atoms with van der Waals surface area (Å²) in [7, 11) is 2.04. The number of nitriles is 1. The van der Waals surface area contributed by atoms with Gasteiger partial charge in [-0.25, -0.2) is 0 Å². The van der Waals surface area contributed by atoms with Crippen molar-refractivity contribution in [3.05, 3.63) is 50.8 Å². The maximum absolute atomic E-state index is 9.04. The van der Waals surface area contributed by atoms with Gasteiger partial charge in [-0.05, 0) is 55.9 Å². The molecule has 0 aliphatic heterocycles. The van der Waals surface area contributed by atoms with E-state index in [0.29, 0.717) is 0 Å². The number of hydrogen-bond acceptors (Lipinski definition) is 3. The Bertz CT molecular complexity index is 903. The molecule has 0 N–H and O–H groups in total. The molecule has 122 valence electrons. The summed E-state index contributed by atoms with van der Waals surface area (Å²) in [5.74, 6) is 0. The zero-order valence-electron chi connectivity index (χ0n) is 13.9. The zero-order valence-corrected chi connectivity index (χ0v) is 15.5. The van der Waals surface area contributed by atoms with Crippen molar-refractivity contribution in [2.24, 2.45) is 17.5 Å². The first-order valence-electron chi connectivity index (χ1n) is 8.26. The molecule has 0 saturated carbocycles. The fourth-order valence-electron chi connectivity index (χ4n) is 4.45. The van der Waals surface area contributed by atoms with Gasteiger partial charge in [-0.15, -0.1) is 0 Å². The van der Waals surface area contributed by atoms with Crippen molar-refractivity contribution >= 4 is 21.6 Å². The Labute approximate surface area is 150 Å². The van der Waals surface area contributed by atoms with E-state index in [0.717, 1.165) is 41.6 Å². The predicted octanol–water partition coefficient (Wildman–Crippen LogP) is 3.54. The lowest BCUT2D eigenvalue weighted by molar-refractivity contribution is 0.365. The molecule has 0 radical (unpaired) electrons. The van der Waals surface area contributed by atoms with Gasteiger partial charge in [0.1, 0.15) is 6.54 Å². The number of aliphatic imine (C=N–C) groups is 1. The quantitative estimate of drug-likeness (QED) is 0.708. The number of benzene rings is 1. The largest absolute Gasteiger partial charge is 0.273 e. The number of aryl methyl sites for hydroxylation is 2. The lowest BCUT2D eigenvalue weighted by Crippen LogP contribution is -2.36. The van der Waals surface area contributed by atoms with E-state index in [9.17, 15) is 0 Å². The van der Waals surface area contributed by atoms with Crippen LogP contribution in [0.5, 0.6) is 0 Å². The summed E-state index contributed by atoms with van der Waals surface area (Å²) >= 11 is 3.58. The van der Waals surface area contributed by atoms with Crippen LogP contribution in [0.3, 0.4) is 0 Å². The van der Waals surface area contributed by atoms with Crippen LogP contribution in [0.1, 0.15) is 34.5 Å². The number of rotatable bonds is 1. The molecule has 0 fully saturated rings. The van der Waals surface area contributed by atoms with E-state index < -0.39 is 0 Å². The second-order valence-corrected chi connectivity index (χ2v) is 7.81. The van der Waals surface area contributed by atoms with Crippen molar-refractivity contribution in [3.63, 3.8) is 0 Å². The number of hydrogen-bond donors (Lipinski definition) is 0. The standard InChI is InChI=1S/C19H19BrN4/c1-12-16-11-19(6-5-17(16)24(2)23-12)10-13-3-4-14(20)9-15(13)18(19)22-8-7-21/h3-4,9H,5-6,8,10-11H2,1-2H3/b22-18-. The number of halogens is 1. The van der Waals surface area contributed by atoms with E-state index in [2.05, 4.69) is 52.2 Å². The lowest BCUT2D eigenvalue weighted by Gasteiger charge is -2.34. The van der Waals surface area contributed by atoms with E-state index in [1.165, 1.54) is 22.4 Å². The van der Waals surface area contributed by atoms with Gasteiger partial charge in [0, 0.05) is 28.2 Å². The maximum Gasteiger partial charge on any atom is 0.126 e. The molecular weight excluding hydrogens is 364 g/mol. The van der Waals surface area contributed by atoms with Crippen molar-refractivity contribution in [3.8, 4) is 6.07 Å². The third-order valence-electron chi connectivity index (χ3n) is 5.50. The van der Waals surface area contributed by atoms with Crippen LogP contribution in [0, 0.1) is 23.7 Å². The van der Waals surface area contributed by atoms with E-state index in [1.807, 2.05) is 11.7 Å². The first-order chi connectivity index (χ1) is 11.5. The number of aromatic nitrogens is 2. The van der Waals surface area contributed by atoms with Gasteiger partial charge in [-0.2, -0.15) is 10.4 Å². The normalized spacial score (nSPS) is 23.3. The van der Waals surface area contributed by atoms with Gasteiger partial charge in [0.25, 0.3) is 0 Å². The molecule has 2 aliphatic rings. The van der Waals surface area contributed by atoms with Gasteiger partial charge in [0.05, 0.1) is 17.5 Å². The summed E-state index contributed by atoms with van der Waals surface area (Å²) in [6, 6.07) is 8.64. The Morgan fingerprint density at radius 1 is 1.42 bits per heavy atom. The topological polar surface area (TPSA) is 54.0 Å². The van der Waals surface area contributed by atoms with Crippen molar-refractivity contribution in [2.75, 3.05) is 6.54 Å². The summed E-state index contributed by atoms with van der Waals surface area (Å²) in [4.78, 5) is 4.72. The molecule has 0 bridgehead atoms. The van der Waals surface area contributed by atoms with E-state index in [1.54, 1.807) is 0 Å². The van der Waals surface area contributed by atoms with E-state index in [4.69, 9.17) is 10.3 Å². The van der Waals surface area contributed by atoms with Gasteiger partial charge in [-0.3, -0.25) is 9.67 Å². The summed E-state index contributed by atoms with van der Waals surface area (Å²) in [5.41, 5.74) is 7.55. The van der Waals surface area contributed by atoms with Gasteiger partial charge in [0.15, 0.2) is 0 Å². The van der Waals surface area contributed by atoms with Gasteiger partial charge >= 0.3 is 0 Å². The molecule has 2 aromatic rings. The van der Waals surface area contributed by atoms with Crippen molar-refractivity contribution in [1.82, 2.24) is 9.78 Å². The van der Waals surface area contributed by atoms with Crippen LogP contribution in [0.15, 0.2) is 27.7 Å². The minimum atomic E-state index is 0.0147. The third kappa shape index (κ3) is 2.24. The minimum Gasteiger partial charge on any atom is -0.273 e. The Kier molecular flexibility index (Phi) is 3.61. The van der Waals surface area contributed by atoms with Crippen LogP contribution in [-0.4, -0.2) is 22.0 Å². The summed E-state index contributed by atoms with van der Waals surface area (Å²) < 4.78 is 3.10. The Morgan fingerprint density at radius 2 is 2.25 bits per heavy atom. The third-order valence-corrected chi connectivity index (χ3v) is 5.99. The van der Waals surface area contributed by atoms with Crippen LogP contribution >= 0.6 is 15.9 Å². The minimum absolute atomic E-state index is 0.0147. The molecule has 0 saturated heterocycles. The molecule has 1 atom stereocenters. The second-order valence-electron chi connectivity index (χ2n) is 6.89. The monoisotopic (exact) mass is 382 g/mol. The lowest BCUT2D eigenvalue weighted by atomic mass is 9.69. The molecule has 5 heteroatoms. The molecule has 2 aliphatic carbocycles. The fourth-order valence-corrected chi connectivity index (χ4v) is 4.82. The highest BCUT2D eigenvalue weighted by Gasteiger charge is 2.46. The first kappa shape index (κ1) is 15.6. The molecule has 1 aromatic heterocycles.